The molecular weight excluding hydrogens is 331 g/mol. The Hall–Kier alpha value is -3.35. The van der Waals surface area contributed by atoms with Gasteiger partial charge < -0.3 is 10.6 Å². The molecule has 0 saturated heterocycles. The van der Waals surface area contributed by atoms with E-state index in [1.807, 2.05) is 0 Å². The topological polar surface area (TPSA) is 54.0 Å². The minimum Gasteiger partial charge on any atom is -0.355 e. The van der Waals surface area contributed by atoms with Crippen molar-refractivity contribution >= 4 is 23.0 Å². The highest BCUT2D eigenvalue weighted by atomic mass is 19.1. The van der Waals surface area contributed by atoms with Crippen molar-refractivity contribution in [1.29, 1.82) is 0 Å². The number of hydrogen-bond donors (Lipinski definition) is 2. The summed E-state index contributed by atoms with van der Waals surface area (Å²) in [7, 11) is 0. The summed E-state index contributed by atoms with van der Waals surface area (Å²) in [5, 5.41) is 5.33. The number of nitrogens with zero attached hydrogens (tertiary/aromatic N) is 1. The van der Waals surface area contributed by atoms with E-state index in [1.165, 1.54) is 24.4 Å². The lowest BCUT2D eigenvalue weighted by molar-refractivity contribution is 0.102. The van der Waals surface area contributed by atoms with Crippen LogP contribution >= 0.6 is 0 Å². The lowest BCUT2D eigenvalue weighted by Crippen LogP contribution is -2.14. The van der Waals surface area contributed by atoms with Crippen molar-refractivity contribution in [2.45, 2.75) is 0 Å². The predicted octanol–water partition coefficient (Wildman–Crippen LogP) is 4.49. The van der Waals surface area contributed by atoms with Gasteiger partial charge in [-0.25, -0.2) is 13.2 Å². The van der Waals surface area contributed by atoms with Crippen LogP contribution in [0.25, 0.3) is 0 Å². The van der Waals surface area contributed by atoms with Crippen molar-refractivity contribution in [3.05, 3.63) is 83.9 Å². The summed E-state index contributed by atoms with van der Waals surface area (Å²) >= 11 is 0. The van der Waals surface area contributed by atoms with Gasteiger partial charge in [0.15, 0.2) is 0 Å². The monoisotopic (exact) mass is 343 g/mol. The van der Waals surface area contributed by atoms with E-state index >= 15 is 0 Å². The highest BCUT2D eigenvalue weighted by Gasteiger charge is 2.12. The Balaban J connectivity index is 1.76. The lowest BCUT2D eigenvalue weighted by Gasteiger charge is -2.09. The number of halogens is 3. The van der Waals surface area contributed by atoms with Crippen molar-refractivity contribution in [3.63, 3.8) is 0 Å². The molecule has 0 atom stereocenters. The van der Waals surface area contributed by atoms with Crippen LogP contribution in [0.3, 0.4) is 0 Å². The Morgan fingerprint density at radius 1 is 0.840 bits per heavy atom. The molecule has 0 saturated carbocycles. The van der Waals surface area contributed by atoms with Gasteiger partial charge in [-0.1, -0.05) is 0 Å². The zero-order valence-corrected chi connectivity index (χ0v) is 12.8. The largest absolute Gasteiger partial charge is 0.355 e. The summed E-state index contributed by atoms with van der Waals surface area (Å²) in [5.41, 5.74) is 1.07. The second kappa shape index (κ2) is 7.04. The van der Waals surface area contributed by atoms with Crippen LogP contribution in [0.4, 0.5) is 30.2 Å². The molecule has 0 fully saturated rings. The summed E-state index contributed by atoms with van der Waals surface area (Å²) in [5.74, 6) is -2.62. The first-order chi connectivity index (χ1) is 12.0. The summed E-state index contributed by atoms with van der Waals surface area (Å²) in [4.78, 5) is 16.1. The standard InChI is InChI=1S/C18H12F3N3O/c19-11-1-4-13(5-2-11)23-14-7-8-22-17(10-14)18(25)24-16-6-3-12(20)9-15(16)21/h1-10H,(H,22,23)(H,24,25). The number of anilines is 3. The number of pyridine rings is 1. The van der Waals surface area contributed by atoms with Gasteiger partial charge in [0, 0.05) is 23.6 Å². The van der Waals surface area contributed by atoms with Crippen molar-refractivity contribution in [1.82, 2.24) is 4.98 Å². The lowest BCUT2D eigenvalue weighted by atomic mass is 10.2. The van der Waals surface area contributed by atoms with Gasteiger partial charge in [-0.3, -0.25) is 9.78 Å². The molecule has 4 nitrogen and oxygen atoms in total. The second-order valence-corrected chi connectivity index (χ2v) is 5.14. The molecule has 0 aliphatic heterocycles. The molecule has 2 N–H and O–H groups in total. The van der Waals surface area contributed by atoms with Crippen molar-refractivity contribution < 1.29 is 18.0 Å². The fraction of sp³-hybridized carbons (Fsp3) is 0. The minimum atomic E-state index is -0.881. The molecule has 0 aliphatic rings. The van der Waals surface area contributed by atoms with Crippen LogP contribution in [0.1, 0.15) is 10.5 Å². The number of aromatic nitrogens is 1. The first kappa shape index (κ1) is 16.5. The third-order valence-corrected chi connectivity index (χ3v) is 3.30. The molecule has 1 aromatic heterocycles. The molecule has 1 amide bonds. The molecule has 0 unspecified atom stereocenters. The van der Waals surface area contributed by atoms with Crippen LogP contribution < -0.4 is 10.6 Å². The van der Waals surface area contributed by atoms with Crippen LogP contribution in [-0.2, 0) is 0 Å². The maximum absolute atomic E-state index is 13.6. The first-order valence-electron chi connectivity index (χ1n) is 7.26. The SMILES string of the molecule is O=C(Nc1ccc(F)cc1F)c1cc(Nc2ccc(F)cc2)ccn1. The predicted molar refractivity (Wildman–Crippen MR) is 88.2 cm³/mol. The van der Waals surface area contributed by atoms with Crippen LogP contribution in [-0.4, -0.2) is 10.9 Å². The maximum Gasteiger partial charge on any atom is 0.274 e. The van der Waals surface area contributed by atoms with Crippen LogP contribution in [0.5, 0.6) is 0 Å². The van der Waals surface area contributed by atoms with Gasteiger partial charge in [0.25, 0.3) is 5.91 Å². The number of amides is 1. The summed E-state index contributed by atoms with van der Waals surface area (Å²) in [6.07, 6.45) is 1.40. The number of hydrogen-bond acceptors (Lipinski definition) is 3. The van der Waals surface area contributed by atoms with Gasteiger partial charge in [0.1, 0.15) is 23.1 Å². The zero-order valence-electron chi connectivity index (χ0n) is 12.8. The molecule has 0 radical (unpaired) electrons. The molecule has 2 aromatic carbocycles. The van der Waals surface area contributed by atoms with Crippen LogP contribution in [0, 0.1) is 17.5 Å². The Labute approximate surface area is 141 Å². The number of rotatable bonds is 4. The van der Waals surface area contributed by atoms with Gasteiger partial charge in [0.2, 0.25) is 0 Å². The Morgan fingerprint density at radius 3 is 2.28 bits per heavy atom. The van der Waals surface area contributed by atoms with Crippen LogP contribution in [0.2, 0.25) is 0 Å². The van der Waals surface area contributed by atoms with Crippen molar-refractivity contribution in [2.24, 2.45) is 0 Å². The second-order valence-electron chi connectivity index (χ2n) is 5.14. The molecular formula is C18H12F3N3O. The third-order valence-electron chi connectivity index (χ3n) is 3.30. The van der Waals surface area contributed by atoms with E-state index in [4.69, 9.17) is 0 Å². The number of nitrogens with one attached hydrogen (secondary N) is 2. The third kappa shape index (κ3) is 4.14. The highest BCUT2D eigenvalue weighted by molar-refractivity contribution is 6.03. The average molecular weight is 343 g/mol. The van der Waals surface area contributed by atoms with Crippen molar-refractivity contribution in [2.75, 3.05) is 10.6 Å². The fourth-order valence-electron chi connectivity index (χ4n) is 2.11. The zero-order chi connectivity index (χ0) is 17.8. The van der Waals surface area contributed by atoms with Crippen molar-refractivity contribution in [3.8, 4) is 0 Å². The molecule has 7 heteroatoms. The molecule has 3 rings (SSSR count). The van der Waals surface area contributed by atoms with E-state index in [9.17, 15) is 18.0 Å². The number of carbonyl (C=O) groups is 1. The highest BCUT2D eigenvalue weighted by Crippen LogP contribution is 2.19. The van der Waals surface area contributed by atoms with E-state index in [0.717, 1.165) is 12.1 Å². The number of benzene rings is 2. The van der Waals surface area contributed by atoms with E-state index < -0.39 is 17.5 Å². The molecule has 0 bridgehead atoms. The fourth-order valence-corrected chi connectivity index (χ4v) is 2.11. The molecule has 3 aromatic rings. The Morgan fingerprint density at radius 2 is 1.56 bits per heavy atom. The van der Waals surface area contributed by atoms with E-state index in [2.05, 4.69) is 15.6 Å². The summed E-state index contributed by atoms with van der Waals surface area (Å²) in [6.45, 7) is 0. The van der Waals surface area contributed by atoms with E-state index in [0.29, 0.717) is 17.4 Å². The normalized spacial score (nSPS) is 10.4. The molecule has 1 heterocycles. The van der Waals surface area contributed by atoms with Gasteiger partial charge in [0.05, 0.1) is 5.69 Å². The maximum atomic E-state index is 13.6. The van der Waals surface area contributed by atoms with E-state index in [-0.39, 0.29) is 17.2 Å². The van der Waals surface area contributed by atoms with Crippen LogP contribution in [0.15, 0.2) is 60.8 Å². The quantitative estimate of drug-likeness (QED) is 0.734. The molecule has 25 heavy (non-hydrogen) atoms. The average Bonchev–Trinajstić information content (AvgIpc) is 2.60. The molecule has 0 aliphatic carbocycles. The van der Waals surface area contributed by atoms with Gasteiger partial charge in [-0.15, -0.1) is 0 Å². The Bertz CT molecular complexity index is 914. The van der Waals surface area contributed by atoms with Gasteiger partial charge in [-0.2, -0.15) is 0 Å². The van der Waals surface area contributed by atoms with E-state index in [1.54, 1.807) is 18.2 Å². The Kier molecular flexibility index (Phi) is 4.65. The van der Waals surface area contributed by atoms with Gasteiger partial charge >= 0.3 is 0 Å². The molecule has 126 valence electrons. The molecule has 0 spiro atoms. The summed E-state index contributed by atoms with van der Waals surface area (Å²) in [6, 6.07) is 11.6. The summed E-state index contributed by atoms with van der Waals surface area (Å²) < 4.78 is 39.4. The first-order valence-corrected chi connectivity index (χ1v) is 7.26. The van der Waals surface area contributed by atoms with Gasteiger partial charge in [-0.05, 0) is 48.5 Å². The smallest absolute Gasteiger partial charge is 0.274 e. The minimum absolute atomic E-state index is 0.0378. The number of carbonyl (C=O) groups excluding carboxylic acids is 1.